The zero-order valence-corrected chi connectivity index (χ0v) is 18.8. The van der Waals surface area contributed by atoms with E-state index in [0.717, 1.165) is 11.3 Å². The van der Waals surface area contributed by atoms with Crippen LogP contribution in [-0.2, 0) is 19.2 Å². The molecule has 1 saturated heterocycles. The number of rotatable bonds is 9. The lowest BCUT2D eigenvalue weighted by Crippen LogP contribution is -2.71. The van der Waals surface area contributed by atoms with Crippen LogP contribution in [0.1, 0.15) is 12.1 Å². The molecule has 6 N–H and O–H groups in total. The van der Waals surface area contributed by atoms with Crippen LogP contribution < -0.4 is 16.8 Å². The van der Waals surface area contributed by atoms with Crippen molar-refractivity contribution in [3.63, 3.8) is 0 Å². The number of oxime groups is 1. The van der Waals surface area contributed by atoms with Crippen molar-refractivity contribution in [2.75, 3.05) is 25.1 Å². The number of nitrogen functional groups attached to an aromatic ring is 1. The quantitative estimate of drug-likeness (QED) is 0.218. The molecule has 1 aromatic heterocycles. The molecule has 31 heavy (non-hydrogen) atoms. The lowest BCUT2D eigenvalue weighted by molar-refractivity contribution is -0.150. The van der Waals surface area contributed by atoms with Gasteiger partial charge in [-0.2, -0.15) is 0 Å². The van der Waals surface area contributed by atoms with Gasteiger partial charge in [0.1, 0.15) is 29.9 Å². The largest absolute Gasteiger partial charge is 0.477 e. The molecule has 0 aromatic carbocycles. The van der Waals surface area contributed by atoms with Crippen LogP contribution in [0.2, 0.25) is 0 Å². The maximum absolute atomic E-state index is 12.7. The Labute approximate surface area is 189 Å². The molecule has 0 radical (unpaired) electrons. The highest BCUT2D eigenvalue weighted by atomic mass is 32.2. The lowest BCUT2D eigenvalue weighted by atomic mass is 10.0. The number of anilines is 1. The molecular weight excluding hydrogens is 464 g/mol. The fourth-order valence-electron chi connectivity index (χ4n) is 2.88. The number of nitrogens with zero attached hydrogens (tertiary/aromatic N) is 3. The van der Waals surface area contributed by atoms with Gasteiger partial charge in [-0.3, -0.25) is 14.5 Å². The molecule has 0 aliphatic carbocycles. The number of carbonyl (C=O) groups is 3. The molecule has 3 rings (SSSR count). The third-order valence-corrected chi connectivity index (χ3v) is 7.31. The fourth-order valence-corrected chi connectivity index (χ4v) is 5.79. The number of amides is 2. The highest BCUT2D eigenvalue weighted by Crippen LogP contribution is 2.43. The van der Waals surface area contributed by atoms with E-state index in [4.69, 9.17) is 16.3 Å². The summed E-state index contributed by atoms with van der Waals surface area (Å²) in [5.41, 5.74) is 11.1. The van der Waals surface area contributed by atoms with Gasteiger partial charge in [-0.05, 0) is 18.4 Å². The van der Waals surface area contributed by atoms with Crippen LogP contribution in [0.4, 0.5) is 5.13 Å². The molecule has 0 bridgehead atoms. The Morgan fingerprint density at radius 2 is 2.32 bits per heavy atom. The van der Waals surface area contributed by atoms with Crippen LogP contribution >= 0.6 is 34.9 Å². The second-order valence-corrected chi connectivity index (χ2v) is 9.19. The first-order valence-corrected chi connectivity index (χ1v) is 11.8. The van der Waals surface area contributed by atoms with Gasteiger partial charge in [0.05, 0.1) is 0 Å². The minimum absolute atomic E-state index is 0.0697. The Morgan fingerprint density at radius 1 is 1.55 bits per heavy atom. The summed E-state index contributed by atoms with van der Waals surface area (Å²) in [7, 11) is 1.28. The van der Waals surface area contributed by atoms with E-state index in [1.165, 1.54) is 35.5 Å². The van der Waals surface area contributed by atoms with Crippen molar-refractivity contribution in [3.05, 3.63) is 33.2 Å². The first kappa shape index (κ1) is 23.1. The van der Waals surface area contributed by atoms with Crippen molar-refractivity contribution in [3.8, 4) is 0 Å². The van der Waals surface area contributed by atoms with E-state index in [9.17, 15) is 19.5 Å². The second-order valence-electron chi connectivity index (χ2n) is 6.20. The van der Waals surface area contributed by atoms with Crippen molar-refractivity contribution in [2.45, 2.75) is 17.8 Å². The number of aromatic nitrogens is 1. The molecule has 3 heterocycles. The summed E-state index contributed by atoms with van der Waals surface area (Å²) in [6, 6.07) is -0.899. The Kier molecular flexibility index (Phi) is 7.59. The van der Waals surface area contributed by atoms with Crippen LogP contribution in [0.15, 0.2) is 32.6 Å². The van der Waals surface area contributed by atoms with Gasteiger partial charge in [0.25, 0.3) is 11.8 Å². The Balaban J connectivity index is 1.75. The number of β-lactam (4-membered cyclic amide) rings is 1. The predicted octanol–water partition coefficient (Wildman–Crippen LogP) is 0.368. The number of aliphatic carboxylic acids is 1. The smallest absolute Gasteiger partial charge is 0.353 e. The van der Waals surface area contributed by atoms with Crippen LogP contribution in [0.5, 0.6) is 0 Å². The molecule has 1 aromatic rings. The first-order valence-electron chi connectivity index (χ1n) is 8.95. The number of nitrogens with two attached hydrogens (primary N) is 2. The number of hydrogen-bond donors (Lipinski definition) is 4. The molecule has 1 fully saturated rings. The molecule has 0 saturated carbocycles. The van der Waals surface area contributed by atoms with Crippen molar-refractivity contribution in [1.29, 1.82) is 0 Å². The van der Waals surface area contributed by atoms with Crippen molar-refractivity contribution in [2.24, 2.45) is 10.9 Å². The van der Waals surface area contributed by atoms with Gasteiger partial charge in [-0.1, -0.05) is 23.0 Å². The molecule has 1 unspecified atom stereocenters. The zero-order chi connectivity index (χ0) is 22.5. The van der Waals surface area contributed by atoms with Gasteiger partial charge in [-0.15, -0.1) is 23.1 Å². The number of carboxylic acids is 1. The molecule has 14 heteroatoms. The van der Waals surface area contributed by atoms with E-state index in [2.05, 4.69) is 15.5 Å². The van der Waals surface area contributed by atoms with Gasteiger partial charge in [-0.25, -0.2) is 9.78 Å². The number of fused-ring (bicyclic) bond motifs is 1. The molecule has 2 atom stereocenters. The average Bonchev–Trinajstić information content (AvgIpc) is 3.18. The minimum atomic E-state index is -1.20. The molecule has 0 spiro atoms. The Bertz CT molecular complexity index is 975. The summed E-state index contributed by atoms with van der Waals surface area (Å²) in [6.45, 7) is 0.493. The number of thiazole rings is 1. The van der Waals surface area contributed by atoms with Gasteiger partial charge < -0.3 is 26.7 Å². The number of nitrogens with one attached hydrogen (secondary N) is 1. The number of thioether (sulfide) groups is 2. The number of carboxylic acid groups (broad SMARTS) is 1. The molecule has 2 amide bonds. The topological polar surface area (TPSA) is 173 Å². The van der Waals surface area contributed by atoms with Gasteiger partial charge >= 0.3 is 5.97 Å². The summed E-state index contributed by atoms with van der Waals surface area (Å²) in [6.07, 6.45) is 2.52. The molecular formula is C17H20N6O5S3. The highest BCUT2D eigenvalue weighted by molar-refractivity contribution is 8.08. The zero-order valence-electron chi connectivity index (χ0n) is 16.3. The van der Waals surface area contributed by atoms with E-state index in [1.54, 1.807) is 10.8 Å². The minimum Gasteiger partial charge on any atom is -0.477 e. The van der Waals surface area contributed by atoms with E-state index in [1.807, 2.05) is 6.08 Å². The maximum atomic E-state index is 12.7. The van der Waals surface area contributed by atoms with E-state index in [0.29, 0.717) is 23.6 Å². The summed E-state index contributed by atoms with van der Waals surface area (Å²) >= 11 is 3.75. The highest BCUT2D eigenvalue weighted by Gasteiger charge is 2.54. The number of hydrogen-bond acceptors (Lipinski definition) is 11. The molecule has 11 nitrogen and oxygen atoms in total. The van der Waals surface area contributed by atoms with Crippen LogP contribution in [0, 0.1) is 0 Å². The van der Waals surface area contributed by atoms with E-state index in [-0.39, 0.29) is 22.2 Å². The average molecular weight is 485 g/mol. The fraction of sp³-hybridized carbons (Fsp3) is 0.353. The van der Waals surface area contributed by atoms with Crippen LogP contribution in [0.3, 0.4) is 0 Å². The van der Waals surface area contributed by atoms with Gasteiger partial charge in [0.15, 0.2) is 10.8 Å². The maximum Gasteiger partial charge on any atom is 0.353 e. The van der Waals surface area contributed by atoms with Gasteiger partial charge in [0, 0.05) is 16.0 Å². The summed E-state index contributed by atoms with van der Waals surface area (Å²) in [4.78, 5) is 47.8. The predicted molar refractivity (Wildman–Crippen MR) is 120 cm³/mol. The normalized spacial score (nSPS) is 21.2. The lowest BCUT2D eigenvalue weighted by Gasteiger charge is -2.49. The monoisotopic (exact) mass is 484 g/mol. The number of carbonyl (C=O) groups excluding carboxylic acids is 2. The van der Waals surface area contributed by atoms with E-state index >= 15 is 0 Å². The Hall–Kier alpha value is -2.55. The van der Waals surface area contributed by atoms with Crippen molar-refractivity contribution < 1.29 is 24.3 Å². The van der Waals surface area contributed by atoms with Crippen LogP contribution in [0.25, 0.3) is 0 Å². The van der Waals surface area contributed by atoms with Gasteiger partial charge in [0.2, 0.25) is 0 Å². The third kappa shape index (κ3) is 4.87. The second kappa shape index (κ2) is 10.2. The van der Waals surface area contributed by atoms with E-state index < -0.39 is 29.2 Å². The summed E-state index contributed by atoms with van der Waals surface area (Å²) in [5, 5.41) is 19.0. The Morgan fingerprint density at radius 3 is 2.94 bits per heavy atom. The van der Waals surface area contributed by atoms with Crippen molar-refractivity contribution in [1.82, 2.24) is 15.2 Å². The molecule has 166 valence electrons. The third-order valence-electron chi connectivity index (χ3n) is 4.22. The van der Waals surface area contributed by atoms with Crippen molar-refractivity contribution >= 4 is 63.5 Å². The standard InChI is InChI=1S/C17H20N6O5S3/c1-28-22-10(8-6-31-17(19)20-8)13(24)21-11-14(25)23-12(16(26)27)9(7-30-15(11)23)29-5-3-2-4-18/h3,5-6,11,15H,2,4,7,18H2,1H3,(H2,19,20)(H,21,24)(H,26,27)/b5-3-,22-10-/t11?,15-/m1/s1. The first-order chi connectivity index (χ1) is 14.9. The summed E-state index contributed by atoms with van der Waals surface area (Å²) in [5.74, 6) is -1.99. The SMILES string of the molecule is CO/N=C(\C(=O)NC1C(=O)N2C(C(=O)O)=C(S/C=C\CCN)CS[C@H]12)c1csc(N)n1. The van der Waals surface area contributed by atoms with Crippen LogP contribution in [-0.4, -0.2) is 69.3 Å². The molecule has 2 aliphatic rings. The summed E-state index contributed by atoms with van der Waals surface area (Å²) < 4.78 is 0. The molecule has 2 aliphatic heterocycles.